The Balaban J connectivity index is 3.83. The molecule has 0 aromatic carbocycles. The summed E-state index contributed by atoms with van der Waals surface area (Å²) in [6.45, 7) is 4.99. The summed E-state index contributed by atoms with van der Waals surface area (Å²) in [5.74, 6) is -0.323. The molecule has 0 bridgehead atoms. The second-order valence-corrected chi connectivity index (χ2v) is 21.7. The van der Waals surface area contributed by atoms with Crippen molar-refractivity contribution in [2.75, 3.05) is 33.0 Å². The molecule has 68 heavy (non-hydrogen) atoms. The zero-order valence-corrected chi connectivity index (χ0v) is 46.3. The number of carbonyl (C=O) groups is 1. The van der Waals surface area contributed by atoms with Crippen LogP contribution in [0.15, 0.2) is 24.3 Å². The van der Waals surface area contributed by atoms with Gasteiger partial charge in [-0.15, -0.1) is 0 Å². The molecule has 3 N–H and O–H groups in total. The molecular formula is C59H116NO7P. The predicted molar refractivity (Wildman–Crippen MR) is 293 cm³/mol. The highest BCUT2D eigenvalue weighted by Gasteiger charge is 2.25. The maximum atomic E-state index is 12.7. The maximum Gasteiger partial charge on any atom is 0.472 e. The van der Waals surface area contributed by atoms with Gasteiger partial charge in [-0.3, -0.25) is 13.8 Å². The standard InChI is InChI=1S/C59H116NO7P/c1-3-5-7-9-11-13-15-17-19-21-23-25-27-29-30-32-34-36-38-40-42-44-46-48-50-52-59(61)67-58(57-66-68(62,63)65-55-53-60)56-64-54-51-49-47-45-43-41-39-37-35-33-31-28-26-24-22-20-18-16-14-12-10-8-6-4-2/h15,17,21,23,58H,3-14,16,18-20,22,24-57,60H2,1-2H3,(H,62,63)/b17-15-,23-21-. The third-order valence-electron chi connectivity index (χ3n) is 13.4. The molecule has 9 heteroatoms. The Morgan fingerprint density at radius 2 is 0.779 bits per heavy atom. The Bertz CT molecular complexity index is 1100. The molecule has 2 unspecified atom stereocenters. The van der Waals surface area contributed by atoms with E-state index in [2.05, 4.69) is 38.2 Å². The van der Waals surface area contributed by atoms with E-state index in [-0.39, 0.29) is 32.3 Å². The van der Waals surface area contributed by atoms with Crippen molar-refractivity contribution < 1.29 is 32.8 Å². The normalized spacial score (nSPS) is 13.3. The van der Waals surface area contributed by atoms with Crippen LogP contribution in [0.2, 0.25) is 0 Å². The minimum Gasteiger partial charge on any atom is -0.457 e. The number of phosphoric acid groups is 1. The molecule has 0 rings (SSSR count). The summed E-state index contributed by atoms with van der Waals surface area (Å²) in [6, 6.07) is 0. The summed E-state index contributed by atoms with van der Waals surface area (Å²) in [7, 11) is -4.28. The Hall–Kier alpha value is -1.02. The topological polar surface area (TPSA) is 117 Å². The van der Waals surface area contributed by atoms with Gasteiger partial charge in [-0.2, -0.15) is 0 Å². The van der Waals surface area contributed by atoms with Gasteiger partial charge in [0, 0.05) is 19.6 Å². The minimum atomic E-state index is -4.28. The lowest BCUT2D eigenvalue weighted by Crippen LogP contribution is -2.28. The van der Waals surface area contributed by atoms with Crippen LogP contribution in [0.1, 0.15) is 309 Å². The maximum absolute atomic E-state index is 12.7. The lowest BCUT2D eigenvalue weighted by molar-refractivity contribution is -0.154. The van der Waals surface area contributed by atoms with Crippen molar-refractivity contribution in [3.8, 4) is 0 Å². The summed E-state index contributed by atoms with van der Waals surface area (Å²) in [5, 5.41) is 0. The number of carbonyl (C=O) groups excluding carboxylic acids is 1. The van der Waals surface area contributed by atoms with E-state index in [4.69, 9.17) is 24.3 Å². The van der Waals surface area contributed by atoms with Crippen LogP contribution in [0.4, 0.5) is 0 Å². The molecule has 0 saturated heterocycles. The van der Waals surface area contributed by atoms with Gasteiger partial charge in [0.2, 0.25) is 0 Å². The molecule has 0 fully saturated rings. The second-order valence-electron chi connectivity index (χ2n) is 20.2. The largest absolute Gasteiger partial charge is 0.472 e. The smallest absolute Gasteiger partial charge is 0.457 e. The fraction of sp³-hybridized carbons (Fsp3) is 0.915. The lowest BCUT2D eigenvalue weighted by atomic mass is 10.0. The summed E-state index contributed by atoms with van der Waals surface area (Å²) in [5.41, 5.74) is 5.41. The van der Waals surface area contributed by atoms with Crippen LogP contribution < -0.4 is 5.73 Å². The SMILES string of the molecule is CCCCCCC/C=C\C/C=C\CCCCCCCCCCCCCCCC(=O)OC(COCCCCCCCCCCCCCCCCCCCCCCCCCC)COP(=O)(O)OCCN. The number of esters is 1. The number of hydrogen-bond donors (Lipinski definition) is 2. The first-order valence-electron chi connectivity index (χ1n) is 29.8. The molecule has 0 radical (unpaired) electrons. The number of rotatable bonds is 58. The van der Waals surface area contributed by atoms with Gasteiger partial charge in [0.05, 0.1) is 19.8 Å². The Morgan fingerprint density at radius 1 is 0.441 bits per heavy atom. The number of nitrogens with two attached hydrogens (primary N) is 1. The fourth-order valence-electron chi connectivity index (χ4n) is 8.97. The first-order valence-corrected chi connectivity index (χ1v) is 31.3. The Labute approximate surface area is 423 Å². The van der Waals surface area contributed by atoms with E-state index >= 15 is 0 Å². The van der Waals surface area contributed by atoms with E-state index in [0.29, 0.717) is 13.0 Å². The lowest BCUT2D eigenvalue weighted by Gasteiger charge is -2.20. The quantitative estimate of drug-likeness (QED) is 0.0268. The molecule has 0 aromatic rings. The summed E-state index contributed by atoms with van der Waals surface area (Å²) < 4.78 is 33.7. The van der Waals surface area contributed by atoms with Crippen molar-refractivity contribution in [1.82, 2.24) is 0 Å². The van der Waals surface area contributed by atoms with Crippen LogP contribution in [0.5, 0.6) is 0 Å². The van der Waals surface area contributed by atoms with E-state index in [9.17, 15) is 14.3 Å². The van der Waals surface area contributed by atoms with Crippen molar-refractivity contribution >= 4 is 13.8 Å². The Kier molecular flexibility index (Phi) is 56.0. The average molecular weight is 983 g/mol. The predicted octanol–water partition coefficient (Wildman–Crippen LogP) is 19.1. The number of hydrogen-bond acceptors (Lipinski definition) is 7. The zero-order chi connectivity index (χ0) is 49.4. The van der Waals surface area contributed by atoms with Gasteiger partial charge >= 0.3 is 13.8 Å². The highest BCUT2D eigenvalue weighted by atomic mass is 31.2. The summed E-state index contributed by atoms with van der Waals surface area (Å²) >= 11 is 0. The molecule has 0 heterocycles. The van der Waals surface area contributed by atoms with Gasteiger partial charge in [-0.05, 0) is 44.9 Å². The van der Waals surface area contributed by atoms with Crippen molar-refractivity contribution in [3.63, 3.8) is 0 Å². The first kappa shape index (κ1) is 67.0. The first-order chi connectivity index (χ1) is 33.4. The van der Waals surface area contributed by atoms with Crippen LogP contribution in [0.25, 0.3) is 0 Å². The summed E-state index contributed by atoms with van der Waals surface area (Å²) in [4.78, 5) is 22.7. The van der Waals surface area contributed by atoms with Crippen molar-refractivity contribution in [2.45, 2.75) is 315 Å². The molecule has 2 atom stereocenters. The average Bonchev–Trinajstić information content (AvgIpc) is 3.33. The van der Waals surface area contributed by atoms with E-state index in [1.807, 2.05) is 0 Å². The van der Waals surface area contributed by atoms with Crippen molar-refractivity contribution in [1.29, 1.82) is 0 Å². The van der Waals surface area contributed by atoms with Gasteiger partial charge in [0.25, 0.3) is 0 Å². The molecule has 0 spiro atoms. The number of unbranched alkanes of at least 4 members (excludes halogenated alkanes) is 41. The van der Waals surface area contributed by atoms with E-state index < -0.39 is 13.9 Å². The van der Waals surface area contributed by atoms with Gasteiger partial charge < -0.3 is 20.1 Å². The molecule has 0 aromatic heterocycles. The Morgan fingerprint density at radius 3 is 1.15 bits per heavy atom. The van der Waals surface area contributed by atoms with Crippen LogP contribution in [-0.4, -0.2) is 49.9 Å². The number of allylic oxidation sites excluding steroid dienone is 4. The van der Waals surface area contributed by atoms with Gasteiger partial charge in [0.1, 0.15) is 6.10 Å². The van der Waals surface area contributed by atoms with Crippen molar-refractivity contribution in [3.05, 3.63) is 24.3 Å². The van der Waals surface area contributed by atoms with Gasteiger partial charge in [0.15, 0.2) is 0 Å². The van der Waals surface area contributed by atoms with E-state index in [1.54, 1.807) is 0 Å². The van der Waals surface area contributed by atoms with Gasteiger partial charge in [-0.25, -0.2) is 4.57 Å². The molecule has 404 valence electrons. The van der Waals surface area contributed by atoms with Crippen molar-refractivity contribution in [2.24, 2.45) is 5.73 Å². The van der Waals surface area contributed by atoms with Crippen LogP contribution in [0.3, 0.4) is 0 Å². The highest BCUT2D eigenvalue weighted by molar-refractivity contribution is 7.47. The van der Waals surface area contributed by atoms with Crippen LogP contribution in [0, 0.1) is 0 Å². The van der Waals surface area contributed by atoms with Gasteiger partial charge in [-0.1, -0.05) is 282 Å². The highest BCUT2D eigenvalue weighted by Crippen LogP contribution is 2.43. The zero-order valence-electron chi connectivity index (χ0n) is 45.4. The minimum absolute atomic E-state index is 0.0924. The van der Waals surface area contributed by atoms with Crippen LogP contribution in [-0.2, 0) is 27.9 Å². The summed E-state index contributed by atoms with van der Waals surface area (Å²) in [6.07, 6.45) is 68.1. The van der Waals surface area contributed by atoms with E-state index in [1.165, 1.54) is 250 Å². The third kappa shape index (κ3) is 55.9. The molecule has 0 aliphatic rings. The number of ether oxygens (including phenoxy) is 2. The van der Waals surface area contributed by atoms with E-state index in [0.717, 1.165) is 38.5 Å². The third-order valence-corrected chi connectivity index (χ3v) is 14.4. The molecule has 0 aliphatic heterocycles. The molecule has 0 aliphatic carbocycles. The fourth-order valence-corrected chi connectivity index (χ4v) is 9.74. The molecule has 0 amide bonds. The molecular weight excluding hydrogens is 866 g/mol. The molecule has 0 saturated carbocycles. The molecule has 8 nitrogen and oxygen atoms in total. The monoisotopic (exact) mass is 982 g/mol. The van der Waals surface area contributed by atoms with Crippen LogP contribution >= 0.6 is 7.82 Å². The number of phosphoric ester groups is 1. The second kappa shape index (κ2) is 56.9.